The van der Waals surface area contributed by atoms with Crippen LogP contribution in [0.2, 0.25) is 0 Å². The van der Waals surface area contributed by atoms with Crippen molar-refractivity contribution >= 4 is 42.1 Å². The summed E-state index contributed by atoms with van der Waals surface area (Å²) >= 11 is 0. The van der Waals surface area contributed by atoms with E-state index in [9.17, 15) is 24.0 Å². The van der Waals surface area contributed by atoms with Crippen molar-refractivity contribution in [3.05, 3.63) is 166 Å². The smallest absolute Gasteiger partial charge is 0.407 e. The number of benzene rings is 4. The molecule has 0 aliphatic rings. The fourth-order valence-electron chi connectivity index (χ4n) is 5.93. The van der Waals surface area contributed by atoms with E-state index in [-0.39, 0.29) is 43.6 Å². The normalized spacial score (nSPS) is 10.9. The number of Topliss-reactive ketones (excluding diaryl/α,β-unsaturated/α-hetero) is 1. The van der Waals surface area contributed by atoms with Gasteiger partial charge in [0.05, 0.1) is 29.4 Å². The molecule has 0 fully saturated rings. The number of alkyl carbamates (subject to hydrolysis) is 1. The predicted octanol–water partition coefficient (Wildman–Crippen LogP) is 5.24. The van der Waals surface area contributed by atoms with Crippen molar-refractivity contribution in [2.24, 2.45) is 11.5 Å². The third-order valence-corrected chi connectivity index (χ3v) is 8.72. The molecular formula is C44H47ClN8O7. The zero-order valence-electron chi connectivity index (χ0n) is 33.4. The Kier molecular flexibility index (Phi) is 16.8. The lowest BCUT2D eigenvalue weighted by molar-refractivity contribution is -0.137. The molecule has 6 N–H and O–H groups in total. The van der Waals surface area contributed by atoms with Crippen molar-refractivity contribution in [2.75, 3.05) is 6.61 Å². The maximum atomic E-state index is 13.3. The van der Waals surface area contributed by atoms with E-state index < -0.39 is 29.7 Å². The maximum Gasteiger partial charge on any atom is 0.407 e. The van der Waals surface area contributed by atoms with Gasteiger partial charge in [-0.15, -0.1) is 12.4 Å². The standard InChI is InChI=1S/C30H29N5O5.C14H17N3O2.ClH/c1-20-15-26(29(38)33-25(27(36)28(31)37)17-21-9-4-2-5-10-21)35(34-20)24-14-8-13-23(16-24)18-32-30(39)40-19-22-11-6-3-7-12-22;1-3-19-14(18)13-7-10(2)16-17(13)12-6-4-5-11(8-12)9-15;/h2-16,25H,17-19H2,1H3,(H2,31,37)(H,32,39)(H,33,38);4-8H,3,9,15H2,1-2H3;1H/t25-;;/m0../s1. The number of carbonyl (C=O) groups excluding carboxylic acids is 5. The second-order valence-electron chi connectivity index (χ2n) is 13.3. The number of amides is 3. The number of nitrogens with two attached hydrogens (primary N) is 2. The van der Waals surface area contributed by atoms with Crippen LogP contribution in [0.15, 0.2) is 121 Å². The van der Waals surface area contributed by atoms with Crippen molar-refractivity contribution in [2.45, 2.75) is 52.9 Å². The number of esters is 1. The quantitative estimate of drug-likeness (QED) is 0.0780. The first-order valence-electron chi connectivity index (χ1n) is 18.8. The van der Waals surface area contributed by atoms with Crippen molar-refractivity contribution < 1.29 is 33.4 Å². The molecule has 4 aromatic carbocycles. The summed E-state index contributed by atoms with van der Waals surface area (Å²) in [6, 6.07) is 35.3. The molecule has 0 saturated carbocycles. The number of primary amides is 1. The Morgan fingerprint density at radius 1 is 0.683 bits per heavy atom. The summed E-state index contributed by atoms with van der Waals surface area (Å²) in [5, 5.41) is 14.1. The molecule has 0 unspecified atom stereocenters. The molecule has 60 heavy (non-hydrogen) atoms. The minimum atomic E-state index is -1.14. The highest BCUT2D eigenvalue weighted by Crippen LogP contribution is 2.17. The lowest BCUT2D eigenvalue weighted by Crippen LogP contribution is -2.47. The summed E-state index contributed by atoms with van der Waals surface area (Å²) < 4.78 is 13.3. The zero-order valence-corrected chi connectivity index (χ0v) is 34.2. The van der Waals surface area contributed by atoms with Crippen LogP contribution in [0.3, 0.4) is 0 Å². The van der Waals surface area contributed by atoms with Crippen molar-refractivity contribution in [1.29, 1.82) is 0 Å². The second kappa shape index (κ2) is 22.2. The molecule has 0 aliphatic heterocycles. The van der Waals surface area contributed by atoms with Crippen LogP contribution in [0.1, 0.15) is 61.5 Å². The first-order valence-corrected chi connectivity index (χ1v) is 18.8. The van der Waals surface area contributed by atoms with E-state index in [1.54, 1.807) is 73.1 Å². The van der Waals surface area contributed by atoms with E-state index in [1.165, 1.54) is 4.68 Å². The summed E-state index contributed by atoms with van der Waals surface area (Å²) in [7, 11) is 0. The van der Waals surface area contributed by atoms with Crippen molar-refractivity contribution in [1.82, 2.24) is 30.2 Å². The Morgan fingerprint density at radius 3 is 1.80 bits per heavy atom. The summed E-state index contributed by atoms with van der Waals surface area (Å²) in [6.45, 7) is 6.48. The Labute approximate surface area is 353 Å². The van der Waals surface area contributed by atoms with Gasteiger partial charge in [0.2, 0.25) is 5.78 Å². The molecule has 16 heteroatoms. The Hall–Kier alpha value is -7.10. The maximum absolute atomic E-state index is 13.3. The highest BCUT2D eigenvalue weighted by molar-refractivity contribution is 6.38. The van der Waals surface area contributed by atoms with Crippen molar-refractivity contribution in [3.8, 4) is 11.4 Å². The molecule has 0 aliphatic carbocycles. The number of hydrogen-bond acceptors (Lipinski definition) is 10. The SMILES string of the molecule is CCOC(=O)c1cc(C)nn1-c1cccc(CN)c1.Cc1cc(C(=O)N[C@@H](Cc2ccccc2)C(=O)C(N)=O)n(-c2cccc(CNC(=O)OCc3ccccc3)c2)n1.Cl. The fourth-order valence-corrected chi connectivity index (χ4v) is 5.93. The first kappa shape index (κ1) is 45.6. The Morgan fingerprint density at radius 2 is 1.22 bits per heavy atom. The van der Waals surface area contributed by atoms with E-state index >= 15 is 0 Å². The van der Waals surface area contributed by atoms with Crippen molar-refractivity contribution in [3.63, 3.8) is 0 Å². The van der Waals surface area contributed by atoms with Crippen LogP contribution in [0.5, 0.6) is 0 Å². The zero-order chi connectivity index (χ0) is 42.3. The van der Waals surface area contributed by atoms with Gasteiger partial charge in [-0.25, -0.2) is 19.0 Å². The predicted molar refractivity (Wildman–Crippen MR) is 227 cm³/mol. The number of ketones is 1. The molecule has 312 valence electrons. The highest BCUT2D eigenvalue weighted by Gasteiger charge is 2.27. The lowest BCUT2D eigenvalue weighted by atomic mass is 10.0. The molecule has 0 radical (unpaired) electrons. The molecule has 15 nitrogen and oxygen atoms in total. The van der Waals surface area contributed by atoms with Gasteiger partial charge in [0, 0.05) is 19.5 Å². The monoisotopic (exact) mass is 834 g/mol. The molecular weight excluding hydrogens is 788 g/mol. The largest absolute Gasteiger partial charge is 0.461 e. The van der Waals surface area contributed by atoms with Crippen LogP contribution < -0.4 is 22.1 Å². The summed E-state index contributed by atoms with van der Waals surface area (Å²) in [5.74, 6) is -2.99. The average molecular weight is 835 g/mol. The molecule has 0 bridgehead atoms. The third-order valence-electron chi connectivity index (χ3n) is 8.72. The third kappa shape index (κ3) is 12.7. The number of aryl methyl sites for hydroxylation is 2. The number of nitrogens with zero attached hydrogens (tertiary/aromatic N) is 4. The first-order chi connectivity index (χ1) is 28.4. The van der Waals surface area contributed by atoms with Crippen LogP contribution in [-0.2, 0) is 45.2 Å². The van der Waals surface area contributed by atoms with Crippen LogP contribution in [0, 0.1) is 13.8 Å². The second-order valence-corrected chi connectivity index (χ2v) is 13.3. The molecule has 2 aromatic heterocycles. The van der Waals surface area contributed by atoms with Gasteiger partial charge < -0.3 is 31.6 Å². The number of aromatic nitrogens is 4. The average Bonchev–Trinajstić information content (AvgIpc) is 3.85. The molecule has 0 saturated heterocycles. The highest BCUT2D eigenvalue weighted by atomic mass is 35.5. The number of ether oxygens (including phenoxy) is 2. The van der Waals surface area contributed by atoms with Gasteiger partial charge in [0.25, 0.3) is 11.8 Å². The topological polar surface area (TPSA) is 216 Å². The van der Waals surface area contributed by atoms with Gasteiger partial charge in [-0.1, -0.05) is 84.9 Å². The fraction of sp³-hybridized carbons (Fsp3) is 0.205. The van der Waals surface area contributed by atoms with Crippen LogP contribution in [-0.4, -0.2) is 61.9 Å². The van der Waals surface area contributed by atoms with Gasteiger partial charge in [0.15, 0.2) is 5.69 Å². The number of hydrogen-bond donors (Lipinski definition) is 4. The van der Waals surface area contributed by atoms with E-state index in [1.807, 2.05) is 73.7 Å². The number of rotatable bonds is 15. The van der Waals surface area contributed by atoms with Gasteiger partial charge in [-0.2, -0.15) is 10.2 Å². The van der Waals surface area contributed by atoms with Gasteiger partial charge in [0.1, 0.15) is 18.3 Å². The van der Waals surface area contributed by atoms with E-state index in [4.69, 9.17) is 20.9 Å². The minimum Gasteiger partial charge on any atom is -0.461 e. The molecule has 6 rings (SSSR count). The molecule has 6 aromatic rings. The summed E-state index contributed by atoms with van der Waals surface area (Å²) in [5.41, 5.74) is 17.5. The summed E-state index contributed by atoms with van der Waals surface area (Å²) in [4.78, 5) is 61.6. The molecule has 0 spiro atoms. The Balaban J connectivity index is 0.000000332. The van der Waals surface area contributed by atoms with Gasteiger partial charge in [-0.3, -0.25) is 14.4 Å². The molecule has 1 atom stereocenters. The Bertz CT molecular complexity index is 2400. The van der Waals surface area contributed by atoms with Gasteiger partial charge >= 0.3 is 12.1 Å². The number of halogens is 1. The van der Waals surface area contributed by atoms with Crippen LogP contribution in [0.4, 0.5) is 4.79 Å². The molecule has 3 amide bonds. The van der Waals surface area contributed by atoms with Gasteiger partial charge in [-0.05, 0) is 79.4 Å². The number of nitrogens with one attached hydrogen (secondary N) is 2. The van der Waals surface area contributed by atoms with Crippen LogP contribution in [0.25, 0.3) is 11.4 Å². The molecule has 2 heterocycles. The summed E-state index contributed by atoms with van der Waals surface area (Å²) in [6.07, 6.45) is -0.462. The lowest BCUT2D eigenvalue weighted by Gasteiger charge is -2.17. The minimum absolute atomic E-state index is 0. The van der Waals surface area contributed by atoms with E-state index in [2.05, 4.69) is 20.8 Å². The number of carbonyl (C=O) groups is 5. The van der Waals surface area contributed by atoms with Crippen LogP contribution >= 0.6 is 12.4 Å². The van der Waals surface area contributed by atoms with E-state index in [0.717, 1.165) is 33.6 Å². The van der Waals surface area contributed by atoms with E-state index in [0.29, 0.717) is 30.2 Å².